The molecule has 0 aliphatic heterocycles. The molecule has 0 spiro atoms. The van der Waals surface area contributed by atoms with Gasteiger partial charge < -0.3 is 4.42 Å². The van der Waals surface area contributed by atoms with Gasteiger partial charge in [0.15, 0.2) is 0 Å². The predicted octanol–water partition coefficient (Wildman–Crippen LogP) is 2.89. The van der Waals surface area contributed by atoms with Gasteiger partial charge in [-0.3, -0.25) is 10.1 Å². The Bertz CT molecular complexity index is 1060. The SMILES string of the molecule is CN(C)S(=O)(=O)c1ccc(C(=O)Nc2nnc(-c3ccc(Cl)cc3)o2)cc1. The number of benzene rings is 2. The summed E-state index contributed by atoms with van der Waals surface area (Å²) in [6, 6.07) is 12.2. The molecule has 2 aromatic carbocycles. The van der Waals surface area contributed by atoms with Gasteiger partial charge in [-0.05, 0) is 48.5 Å². The Balaban J connectivity index is 1.73. The number of anilines is 1. The minimum Gasteiger partial charge on any atom is -0.403 e. The van der Waals surface area contributed by atoms with E-state index >= 15 is 0 Å². The van der Waals surface area contributed by atoms with Gasteiger partial charge >= 0.3 is 6.01 Å². The molecule has 1 heterocycles. The third-order valence-electron chi connectivity index (χ3n) is 3.63. The van der Waals surface area contributed by atoms with Gasteiger partial charge in [0.25, 0.3) is 5.91 Å². The lowest BCUT2D eigenvalue weighted by Gasteiger charge is -2.11. The van der Waals surface area contributed by atoms with Crippen LogP contribution in [0.1, 0.15) is 10.4 Å². The number of carbonyl (C=O) groups is 1. The van der Waals surface area contributed by atoms with Gasteiger partial charge in [-0.25, -0.2) is 12.7 Å². The largest absolute Gasteiger partial charge is 0.403 e. The summed E-state index contributed by atoms with van der Waals surface area (Å²) in [4.78, 5) is 12.4. The number of nitrogens with one attached hydrogen (secondary N) is 1. The number of aromatic nitrogens is 2. The number of nitrogens with zero attached hydrogens (tertiary/aromatic N) is 3. The standard InChI is InChI=1S/C17H15ClN4O4S/c1-22(2)27(24,25)14-9-5-11(6-10-14)15(23)19-17-21-20-16(26-17)12-3-7-13(18)8-4-12/h3-10H,1-2H3,(H,19,21,23). The Morgan fingerprint density at radius 1 is 1.04 bits per heavy atom. The lowest BCUT2D eigenvalue weighted by Crippen LogP contribution is -2.22. The van der Waals surface area contributed by atoms with E-state index in [1.54, 1.807) is 24.3 Å². The second-order valence-corrected chi connectivity index (χ2v) is 8.27. The van der Waals surface area contributed by atoms with E-state index in [0.29, 0.717) is 10.6 Å². The van der Waals surface area contributed by atoms with Crippen LogP contribution in [0.3, 0.4) is 0 Å². The summed E-state index contributed by atoms with van der Waals surface area (Å²) < 4.78 is 30.6. The fraction of sp³-hybridized carbons (Fsp3) is 0.118. The maximum atomic E-state index is 12.3. The molecule has 140 valence electrons. The first-order chi connectivity index (χ1) is 12.8. The Kier molecular flexibility index (Phi) is 5.26. The normalized spacial score (nSPS) is 11.6. The highest BCUT2D eigenvalue weighted by Crippen LogP contribution is 2.22. The Morgan fingerprint density at radius 2 is 1.67 bits per heavy atom. The van der Waals surface area contributed by atoms with Crippen LogP contribution in [0.25, 0.3) is 11.5 Å². The summed E-state index contributed by atoms with van der Waals surface area (Å²) in [5.74, 6) is -0.274. The second-order valence-electron chi connectivity index (χ2n) is 5.69. The molecule has 1 N–H and O–H groups in total. The summed E-state index contributed by atoms with van der Waals surface area (Å²) in [6.07, 6.45) is 0. The molecule has 1 aromatic heterocycles. The van der Waals surface area contributed by atoms with Crippen molar-refractivity contribution >= 4 is 33.5 Å². The van der Waals surface area contributed by atoms with E-state index in [4.69, 9.17) is 16.0 Å². The maximum absolute atomic E-state index is 12.3. The molecule has 10 heteroatoms. The zero-order chi connectivity index (χ0) is 19.6. The van der Waals surface area contributed by atoms with Crippen LogP contribution >= 0.6 is 11.6 Å². The van der Waals surface area contributed by atoms with Gasteiger partial charge in [-0.2, -0.15) is 0 Å². The quantitative estimate of drug-likeness (QED) is 0.698. The number of halogens is 1. The molecule has 0 atom stereocenters. The summed E-state index contributed by atoms with van der Waals surface area (Å²) in [5.41, 5.74) is 0.907. The van der Waals surface area contributed by atoms with Crippen molar-refractivity contribution in [3.63, 3.8) is 0 Å². The number of rotatable bonds is 5. The first-order valence-corrected chi connectivity index (χ1v) is 9.52. The minimum absolute atomic E-state index is 0.0741. The maximum Gasteiger partial charge on any atom is 0.322 e. The third-order valence-corrected chi connectivity index (χ3v) is 5.71. The third kappa shape index (κ3) is 4.16. The van der Waals surface area contributed by atoms with Gasteiger partial charge in [0.05, 0.1) is 4.90 Å². The van der Waals surface area contributed by atoms with Gasteiger partial charge in [0.2, 0.25) is 15.9 Å². The van der Waals surface area contributed by atoms with E-state index in [9.17, 15) is 13.2 Å². The van der Waals surface area contributed by atoms with Gasteiger partial charge in [0.1, 0.15) is 0 Å². The highest BCUT2D eigenvalue weighted by Gasteiger charge is 2.18. The Labute approximate surface area is 160 Å². The second kappa shape index (κ2) is 7.47. The molecular weight excluding hydrogens is 392 g/mol. The van der Waals surface area contributed by atoms with Crippen LogP contribution in [0.2, 0.25) is 5.02 Å². The van der Waals surface area contributed by atoms with Crippen molar-refractivity contribution in [2.24, 2.45) is 0 Å². The summed E-state index contributed by atoms with van der Waals surface area (Å²) >= 11 is 5.83. The number of hydrogen-bond donors (Lipinski definition) is 1. The number of carbonyl (C=O) groups excluding carboxylic acids is 1. The lowest BCUT2D eigenvalue weighted by atomic mass is 10.2. The van der Waals surface area contributed by atoms with Crippen LogP contribution < -0.4 is 5.32 Å². The molecular formula is C17H15ClN4O4S. The van der Waals surface area contributed by atoms with Crippen LogP contribution in [0.5, 0.6) is 0 Å². The molecule has 0 aliphatic carbocycles. The van der Waals surface area contributed by atoms with Crippen molar-refractivity contribution < 1.29 is 17.6 Å². The van der Waals surface area contributed by atoms with Crippen molar-refractivity contribution in [1.82, 2.24) is 14.5 Å². The van der Waals surface area contributed by atoms with Crippen LogP contribution in [0, 0.1) is 0 Å². The Morgan fingerprint density at radius 3 is 2.26 bits per heavy atom. The average Bonchev–Trinajstić information content (AvgIpc) is 3.10. The van der Waals surface area contributed by atoms with Crippen LogP contribution in [0.4, 0.5) is 6.01 Å². The van der Waals surface area contributed by atoms with Crippen molar-refractivity contribution in [2.75, 3.05) is 19.4 Å². The Hall–Kier alpha value is -2.75. The van der Waals surface area contributed by atoms with Gasteiger partial charge in [0, 0.05) is 30.2 Å². The molecule has 0 unspecified atom stereocenters. The fourth-order valence-corrected chi connectivity index (χ4v) is 3.17. The first-order valence-electron chi connectivity index (χ1n) is 7.71. The fourth-order valence-electron chi connectivity index (χ4n) is 2.14. The predicted molar refractivity (Wildman–Crippen MR) is 100 cm³/mol. The van der Waals surface area contributed by atoms with Gasteiger partial charge in [-0.15, -0.1) is 5.10 Å². The monoisotopic (exact) mass is 406 g/mol. The number of sulfonamides is 1. The summed E-state index contributed by atoms with van der Waals surface area (Å²) in [7, 11) is -0.689. The number of hydrogen-bond acceptors (Lipinski definition) is 6. The molecule has 0 saturated heterocycles. The van der Waals surface area contributed by atoms with Crippen molar-refractivity contribution in [3.05, 3.63) is 59.1 Å². The molecule has 3 aromatic rings. The molecule has 8 nitrogen and oxygen atoms in total. The van der Waals surface area contributed by atoms with E-state index in [1.807, 2.05) is 0 Å². The first kappa shape index (κ1) is 19.0. The number of amides is 1. The van der Waals surface area contributed by atoms with Gasteiger partial charge in [-0.1, -0.05) is 16.7 Å². The molecule has 27 heavy (non-hydrogen) atoms. The van der Waals surface area contributed by atoms with E-state index in [2.05, 4.69) is 15.5 Å². The van der Waals surface area contributed by atoms with E-state index < -0.39 is 15.9 Å². The molecule has 0 bridgehead atoms. The molecule has 0 radical (unpaired) electrons. The van der Waals surface area contributed by atoms with Crippen LogP contribution in [-0.2, 0) is 10.0 Å². The smallest absolute Gasteiger partial charge is 0.322 e. The summed E-state index contributed by atoms with van der Waals surface area (Å²) in [5, 5.41) is 10.7. The van der Waals surface area contributed by atoms with E-state index in [1.165, 1.54) is 38.4 Å². The molecule has 3 rings (SSSR count). The highest BCUT2D eigenvalue weighted by atomic mass is 35.5. The van der Waals surface area contributed by atoms with Crippen molar-refractivity contribution in [1.29, 1.82) is 0 Å². The topological polar surface area (TPSA) is 105 Å². The molecule has 0 fully saturated rings. The minimum atomic E-state index is -3.56. The molecule has 0 aliphatic rings. The molecule has 1 amide bonds. The highest BCUT2D eigenvalue weighted by molar-refractivity contribution is 7.89. The van der Waals surface area contributed by atoms with E-state index in [-0.39, 0.29) is 22.4 Å². The zero-order valence-electron chi connectivity index (χ0n) is 14.4. The summed E-state index contributed by atoms with van der Waals surface area (Å²) in [6.45, 7) is 0. The average molecular weight is 407 g/mol. The van der Waals surface area contributed by atoms with Crippen molar-refractivity contribution in [3.8, 4) is 11.5 Å². The van der Waals surface area contributed by atoms with Crippen LogP contribution in [0.15, 0.2) is 57.8 Å². The molecule has 0 saturated carbocycles. The van der Waals surface area contributed by atoms with Crippen LogP contribution in [-0.4, -0.2) is 42.9 Å². The van der Waals surface area contributed by atoms with E-state index in [0.717, 1.165) is 4.31 Å². The zero-order valence-corrected chi connectivity index (χ0v) is 16.0. The van der Waals surface area contributed by atoms with Crippen molar-refractivity contribution in [2.45, 2.75) is 4.90 Å². The lowest BCUT2D eigenvalue weighted by molar-refractivity contribution is 0.102.